The lowest BCUT2D eigenvalue weighted by Crippen LogP contribution is -2.27. The zero-order valence-electron chi connectivity index (χ0n) is 22.4. The van der Waals surface area contributed by atoms with Crippen LogP contribution >= 0.6 is 0 Å². The number of aromatic nitrogens is 2. The molecule has 2 aromatic heterocycles. The Kier molecular flexibility index (Phi) is 8.89. The molecule has 18 heteroatoms. The number of halogens is 9. The number of fused-ring (bicyclic) bond motifs is 2. The normalized spacial score (nSPS) is 14.9. The first kappa shape index (κ1) is 33.0. The van der Waals surface area contributed by atoms with Gasteiger partial charge in [0.25, 0.3) is 5.91 Å². The van der Waals surface area contributed by atoms with E-state index >= 15 is 0 Å². The van der Waals surface area contributed by atoms with Gasteiger partial charge in [-0.05, 0) is 41.5 Å². The molecule has 0 aliphatic carbocycles. The van der Waals surface area contributed by atoms with E-state index in [2.05, 4.69) is 20.0 Å². The van der Waals surface area contributed by atoms with Crippen molar-refractivity contribution in [3.8, 4) is 5.75 Å². The third kappa shape index (κ3) is 7.96. The third-order valence-electron chi connectivity index (χ3n) is 6.37. The number of ether oxygens (including phenoxy) is 1. The lowest BCUT2D eigenvalue weighted by atomic mass is 10.1. The molecule has 44 heavy (non-hydrogen) atoms. The van der Waals surface area contributed by atoms with Crippen molar-refractivity contribution in [2.24, 2.45) is 0 Å². The second-order valence-corrected chi connectivity index (χ2v) is 11.8. The number of alkyl halides is 9. The first-order chi connectivity index (χ1) is 20.2. The van der Waals surface area contributed by atoms with Crippen LogP contribution in [0.2, 0.25) is 0 Å². The van der Waals surface area contributed by atoms with Crippen LogP contribution in [0.3, 0.4) is 0 Å². The summed E-state index contributed by atoms with van der Waals surface area (Å²) >= 11 is 0. The number of hydrogen-bond donors (Lipinski definition) is 1. The van der Waals surface area contributed by atoms with Gasteiger partial charge in [0.2, 0.25) is 0 Å². The summed E-state index contributed by atoms with van der Waals surface area (Å²) in [7, 11) is -3.80. The largest absolute Gasteiger partial charge is 0.483 e. The molecule has 4 heterocycles. The molecule has 0 saturated carbocycles. The van der Waals surface area contributed by atoms with E-state index in [0.29, 0.717) is 30.5 Å². The van der Waals surface area contributed by atoms with E-state index in [1.54, 1.807) is 0 Å². The standard InChI is InChI=1S/C18H14F6N2O4S.C8H7F3N2/c1-31(28,29)12-2-3-15(30-9-17(19,20)21)13(5-12)16(27)26-7-10-4-11(18(22,23)24)6-25-14(10)8-26;9-8(10,11)6-1-5-2-12-4-7(5)13-3-6/h2-6H,7-9H2,1H3;1,3,12H,2,4H2. The Balaban J connectivity index is 0.000000281. The summed E-state index contributed by atoms with van der Waals surface area (Å²) in [5.74, 6) is -1.41. The van der Waals surface area contributed by atoms with Crippen LogP contribution in [0.15, 0.2) is 47.6 Å². The van der Waals surface area contributed by atoms with Crippen LogP contribution in [0, 0.1) is 0 Å². The number of nitrogens with one attached hydrogen (secondary N) is 1. The van der Waals surface area contributed by atoms with Gasteiger partial charge in [-0.3, -0.25) is 14.8 Å². The summed E-state index contributed by atoms with van der Waals surface area (Å²) in [6.45, 7) is -1.16. The van der Waals surface area contributed by atoms with Crippen LogP contribution in [-0.2, 0) is 48.4 Å². The summed E-state index contributed by atoms with van der Waals surface area (Å²) < 4.78 is 141. The highest BCUT2D eigenvalue weighted by atomic mass is 32.2. The molecule has 2 aliphatic rings. The summed E-state index contributed by atoms with van der Waals surface area (Å²) in [6, 6.07) is 4.79. The Labute approximate surface area is 243 Å². The number of nitrogens with zero attached hydrogens (tertiary/aromatic N) is 3. The molecule has 1 N–H and O–H groups in total. The quantitative estimate of drug-likeness (QED) is 0.381. The van der Waals surface area contributed by atoms with Crippen molar-refractivity contribution >= 4 is 15.7 Å². The second kappa shape index (κ2) is 11.9. The lowest BCUT2D eigenvalue weighted by Gasteiger charge is -2.19. The van der Waals surface area contributed by atoms with Gasteiger partial charge in [0.1, 0.15) is 5.75 Å². The maximum atomic E-state index is 12.9. The van der Waals surface area contributed by atoms with Gasteiger partial charge in [-0.15, -0.1) is 0 Å². The van der Waals surface area contributed by atoms with Gasteiger partial charge >= 0.3 is 18.5 Å². The summed E-state index contributed by atoms with van der Waals surface area (Å²) in [6.07, 6.45) is -11.3. The van der Waals surface area contributed by atoms with E-state index < -0.39 is 63.3 Å². The van der Waals surface area contributed by atoms with Crippen molar-refractivity contribution in [3.63, 3.8) is 0 Å². The van der Waals surface area contributed by atoms with Crippen molar-refractivity contribution in [3.05, 3.63) is 81.9 Å². The van der Waals surface area contributed by atoms with E-state index in [9.17, 15) is 52.7 Å². The number of carbonyl (C=O) groups excluding carboxylic acids is 1. The first-order valence-corrected chi connectivity index (χ1v) is 14.2. The molecule has 0 atom stereocenters. The maximum Gasteiger partial charge on any atom is 0.422 e. The summed E-state index contributed by atoms with van der Waals surface area (Å²) in [5.41, 5.74) is -0.457. The van der Waals surface area contributed by atoms with E-state index in [4.69, 9.17) is 0 Å². The van der Waals surface area contributed by atoms with Gasteiger partial charge in [0.15, 0.2) is 16.4 Å². The minimum atomic E-state index is -4.71. The van der Waals surface area contributed by atoms with Crippen molar-refractivity contribution in [2.75, 3.05) is 12.9 Å². The monoisotopic (exact) mass is 656 g/mol. The minimum Gasteiger partial charge on any atom is -0.483 e. The van der Waals surface area contributed by atoms with Crippen LogP contribution in [0.4, 0.5) is 39.5 Å². The van der Waals surface area contributed by atoms with Crippen LogP contribution in [0.1, 0.15) is 44.0 Å². The molecule has 1 amide bonds. The predicted octanol–water partition coefficient (Wildman–Crippen LogP) is 5.30. The van der Waals surface area contributed by atoms with E-state index in [0.717, 1.165) is 47.7 Å². The van der Waals surface area contributed by atoms with Crippen molar-refractivity contribution < 1.29 is 57.5 Å². The highest BCUT2D eigenvalue weighted by Crippen LogP contribution is 2.34. The number of hydrogen-bond acceptors (Lipinski definition) is 7. The number of carbonyl (C=O) groups is 1. The van der Waals surface area contributed by atoms with Gasteiger partial charge in [-0.2, -0.15) is 39.5 Å². The molecular formula is C26H21F9N4O4S. The van der Waals surface area contributed by atoms with Crippen molar-refractivity contribution in [1.29, 1.82) is 0 Å². The Morgan fingerprint density at radius 3 is 2.02 bits per heavy atom. The fourth-order valence-electron chi connectivity index (χ4n) is 4.24. The van der Waals surface area contributed by atoms with Crippen LogP contribution < -0.4 is 10.1 Å². The van der Waals surface area contributed by atoms with E-state index in [-0.39, 0.29) is 29.2 Å². The number of amides is 1. The molecule has 2 aliphatic heterocycles. The molecule has 0 spiro atoms. The Hall–Kier alpha value is -3.93. The molecule has 238 valence electrons. The highest BCUT2D eigenvalue weighted by molar-refractivity contribution is 7.90. The van der Waals surface area contributed by atoms with Gasteiger partial charge in [0.05, 0.1) is 39.5 Å². The van der Waals surface area contributed by atoms with Crippen LogP contribution in [0.5, 0.6) is 5.75 Å². The van der Waals surface area contributed by atoms with Crippen LogP contribution in [-0.4, -0.2) is 48.2 Å². The average Bonchev–Trinajstić information content (AvgIpc) is 3.56. The van der Waals surface area contributed by atoms with Crippen molar-refractivity contribution in [1.82, 2.24) is 20.2 Å². The Morgan fingerprint density at radius 1 is 0.864 bits per heavy atom. The van der Waals surface area contributed by atoms with Gasteiger partial charge in [0, 0.05) is 38.3 Å². The molecule has 1 aromatic carbocycles. The average molecular weight is 657 g/mol. The Morgan fingerprint density at radius 2 is 1.45 bits per heavy atom. The predicted molar refractivity (Wildman–Crippen MR) is 134 cm³/mol. The molecule has 0 unspecified atom stereocenters. The minimum absolute atomic E-state index is 0.125. The number of sulfone groups is 1. The Bertz CT molecular complexity index is 1670. The zero-order chi connectivity index (χ0) is 32.7. The highest BCUT2D eigenvalue weighted by Gasteiger charge is 2.35. The molecule has 0 bridgehead atoms. The molecular weight excluding hydrogens is 635 g/mol. The van der Waals surface area contributed by atoms with Gasteiger partial charge in [-0.25, -0.2) is 8.42 Å². The summed E-state index contributed by atoms with van der Waals surface area (Å²) in [4.78, 5) is 21.1. The lowest BCUT2D eigenvalue weighted by molar-refractivity contribution is -0.153. The molecule has 0 radical (unpaired) electrons. The second-order valence-electron chi connectivity index (χ2n) is 9.75. The molecule has 8 nitrogen and oxygen atoms in total. The molecule has 0 fully saturated rings. The summed E-state index contributed by atoms with van der Waals surface area (Å²) in [5, 5.41) is 2.94. The van der Waals surface area contributed by atoms with Gasteiger partial charge in [-0.1, -0.05) is 0 Å². The van der Waals surface area contributed by atoms with E-state index in [1.165, 1.54) is 0 Å². The number of rotatable bonds is 4. The molecule has 0 saturated heterocycles. The number of pyridine rings is 2. The molecule has 5 rings (SSSR count). The third-order valence-corrected chi connectivity index (χ3v) is 7.48. The fraction of sp³-hybridized carbons (Fsp3) is 0.346. The number of benzene rings is 1. The zero-order valence-corrected chi connectivity index (χ0v) is 23.2. The van der Waals surface area contributed by atoms with Crippen LogP contribution in [0.25, 0.3) is 0 Å². The SMILES string of the molecule is CS(=O)(=O)c1ccc(OCC(F)(F)F)c(C(=O)N2Cc3cc(C(F)(F)F)cnc3C2)c1.FC(F)(F)c1cnc2c(c1)CNC2. The smallest absolute Gasteiger partial charge is 0.422 e. The molecule has 3 aromatic rings. The fourth-order valence-corrected chi connectivity index (χ4v) is 4.89. The maximum absolute atomic E-state index is 12.9. The van der Waals surface area contributed by atoms with E-state index in [1.807, 2.05) is 0 Å². The van der Waals surface area contributed by atoms with Gasteiger partial charge < -0.3 is 15.0 Å². The topological polar surface area (TPSA) is 101 Å². The first-order valence-electron chi connectivity index (χ1n) is 12.4. The van der Waals surface area contributed by atoms with Crippen molar-refractivity contribution in [2.45, 2.75) is 49.6 Å².